The van der Waals surface area contributed by atoms with Gasteiger partial charge in [0, 0.05) is 5.92 Å². The van der Waals surface area contributed by atoms with Crippen LogP contribution in [-0.4, -0.2) is 44.6 Å². The van der Waals surface area contributed by atoms with Crippen molar-refractivity contribution in [1.29, 1.82) is 0 Å². The van der Waals surface area contributed by atoms with Crippen LogP contribution < -0.4 is 0 Å². The van der Waals surface area contributed by atoms with Gasteiger partial charge in [-0.1, -0.05) is 33.4 Å². The Morgan fingerprint density at radius 1 is 1.00 bits per heavy atom. The average Bonchev–Trinajstić information content (AvgIpc) is 2.99. The Labute approximate surface area is 212 Å². The van der Waals surface area contributed by atoms with E-state index in [1.807, 2.05) is 13.8 Å². The number of aliphatic hydroxyl groups is 2. The first kappa shape index (κ1) is 27.6. The zero-order valence-electron chi connectivity index (χ0n) is 21.8. The number of rotatable bonds is 1. The van der Waals surface area contributed by atoms with Crippen molar-refractivity contribution in [2.75, 3.05) is 0 Å². The van der Waals surface area contributed by atoms with Gasteiger partial charge in [0.25, 0.3) is 0 Å². The van der Waals surface area contributed by atoms with Crippen LogP contribution in [-0.2, 0) is 4.74 Å². The van der Waals surface area contributed by atoms with Crippen LogP contribution in [0.5, 0.6) is 0 Å². The van der Waals surface area contributed by atoms with E-state index in [4.69, 9.17) is 4.74 Å². The van der Waals surface area contributed by atoms with Crippen LogP contribution in [0.4, 0.5) is 0 Å². The maximum atomic E-state index is 11.5. The van der Waals surface area contributed by atoms with Crippen LogP contribution in [0.15, 0.2) is 12.2 Å². The first-order valence-corrected chi connectivity index (χ1v) is 13.7. The van der Waals surface area contributed by atoms with E-state index in [9.17, 15) is 10.2 Å². The molecule has 35 heavy (non-hydrogen) atoms. The standard InChI is InChI=1S/C29H44O3.CH4.2H2O/c1-17-7-6-9-28-16-27(28)12-11-25(4)23-18(14-26(25,5)20(27)13-19(30)22(17)28)15-29(23)10-8-21(32-29)24(2,3)31;;;/h18-23,30-31H,1,6-16H2,2-5H3;1H4;2*1H2/t18?,19-,20?,21?,22?,23-,25+,26-,27?,28+,29-;;;/m0.../s1. The molecule has 202 valence electrons. The Morgan fingerprint density at radius 2 is 1.71 bits per heavy atom. The summed E-state index contributed by atoms with van der Waals surface area (Å²) >= 11 is 0. The van der Waals surface area contributed by atoms with Crippen LogP contribution in [0.3, 0.4) is 0 Å². The van der Waals surface area contributed by atoms with Gasteiger partial charge in [0.05, 0.1) is 23.4 Å². The van der Waals surface area contributed by atoms with Gasteiger partial charge in [-0.15, -0.1) is 0 Å². The minimum atomic E-state index is -0.750. The predicted octanol–water partition coefficient (Wildman–Crippen LogP) is 4.62. The Kier molecular flexibility index (Phi) is 5.96. The molecule has 11 atom stereocenters. The highest BCUT2D eigenvalue weighted by Gasteiger charge is 2.84. The van der Waals surface area contributed by atoms with Crippen molar-refractivity contribution < 1.29 is 25.9 Å². The fourth-order valence-electron chi connectivity index (χ4n) is 12.2. The number of ether oxygens (including phenoxy) is 1. The molecule has 5 heteroatoms. The molecule has 7 fully saturated rings. The van der Waals surface area contributed by atoms with E-state index >= 15 is 0 Å². The van der Waals surface area contributed by atoms with E-state index in [2.05, 4.69) is 20.4 Å². The summed E-state index contributed by atoms with van der Waals surface area (Å²) in [5.74, 6) is 2.43. The lowest BCUT2D eigenvalue weighted by molar-refractivity contribution is -0.231. The molecule has 1 heterocycles. The first-order chi connectivity index (χ1) is 14.9. The van der Waals surface area contributed by atoms with Crippen LogP contribution in [0, 0.1) is 45.3 Å². The van der Waals surface area contributed by atoms with E-state index in [0.29, 0.717) is 39.4 Å². The van der Waals surface area contributed by atoms with Gasteiger partial charge >= 0.3 is 0 Å². The summed E-state index contributed by atoms with van der Waals surface area (Å²) in [6, 6.07) is 0. The highest BCUT2D eigenvalue weighted by Crippen LogP contribution is 2.90. The summed E-state index contributed by atoms with van der Waals surface area (Å²) in [7, 11) is 0. The van der Waals surface area contributed by atoms with Gasteiger partial charge in [0.2, 0.25) is 0 Å². The molecule has 5 nitrogen and oxygen atoms in total. The molecule has 5 unspecified atom stereocenters. The van der Waals surface area contributed by atoms with E-state index in [1.54, 1.807) is 0 Å². The quantitative estimate of drug-likeness (QED) is 0.521. The number of fused-ring (bicyclic) bond motifs is 5. The number of aliphatic hydroxyl groups excluding tert-OH is 1. The fraction of sp³-hybridized carbons (Fsp3) is 0.933. The maximum absolute atomic E-state index is 11.5. The average molecular weight is 493 g/mol. The second-order valence-electron chi connectivity index (χ2n) is 14.7. The second-order valence-corrected chi connectivity index (χ2v) is 14.7. The second kappa shape index (κ2) is 7.56. The summed E-state index contributed by atoms with van der Waals surface area (Å²) in [5.41, 5.74) is 2.04. The third-order valence-corrected chi connectivity index (χ3v) is 13.4. The lowest BCUT2D eigenvalue weighted by Gasteiger charge is -2.64. The predicted molar refractivity (Wildman–Crippen MR) is 139 cm³/mol. The summed E-state index contributed by atoms with van der Waals surface area (Å²) in [4.78, 5) is 0. The third-order valence-electron chi connectivity index (χ3n) is 13.4. The zero-order valence-corrected chi connectivity index (χ0v) is 21.8. The molecule has 0 bridgehead atoms. The molecule has 0 radical (unpaired) electrons. The maximum Gasteiger partial charge on any atom is 0.0865 e. The molecule has 7 aliphatic rings. The zero-order chi connectivity index (χ0) is 22.5. The normalized spacial score (nSPS) is 57.1. The monoisotopic (exact) mass is 492 g/mol. The molecule has 1 saturated heterocycles. The largest absolute Gasteiger partial charge is 0.412 e. The van der Waals surface area contributed by atoms with Crippen molar-refractivity contribution in [1.82, 2.24) is 0 Å². The molecule has 6 saturated carbocycles. The highest BCUT2D eigenvalue weighted by atomic mass is 16.5. The third kappa shape index (κ3) is 2.83. The van der Waals surface area contributed by atoms with Gasteiger partial charge in [0.1, 0.15) is 0 Å². The lowest BCUT2D eigenvalue weighted by atomic mass is 9.42. The highest BCUT2D eigenvalue weighted by molar-refractivity contribution is 5.36. The Bertz CT molecular complexity index is 896. The van der Waals surface area contributed by atoms with E-state index in [0.717, 1.165) is 31.6 Å². The number of hydrogen-bond donors (Lipinski definition) is 2. The minimum Gasteiger partial charge on any atom is -0.412 e. The lowest BCUT2D eigenvalue weighted by Crippen LogP contribution is -2.62. The van der Waals surface area contributed by atoms with Gasteiger partial charge in [-0.05, 0) is 124 Å². The van der Waals surface area contributed by atoms with Crippen molar-refractivity contribution >= 4 is 0 Å². The fourth-order valence-corrected chi connectivity index (χ4v) is 12.2. The molecule has 7 rings (SSSR count). The summed E-state index contributed by atoms with van der Waals surface area (Å²) in [5, 5.41) is 22.1. The Morgan fingerprint density at radius 3 is 2.37 bits per heavy atom. The summed E-state index contributed by atoms with van der Waals surface area (Å²) in [6.45, 7) is 13.5. The first-order valence-electron chi connectivity index (χ1n) is 13.7. The minimum absolute atomic E-state index is 0. The van der Waals surface area contributed by atoms with E-state index in [-0.39, 0.29) is 36.2 Å². The smallest absolute Gasteiger partial charge is 0.0865 e. The molecule has 0 aromatic rings. The molecule has 0 aromatic heterocycles. The summed E-state index contributed by atoms with van der Waals surface area (Å²) < 4.78 is 6.80. The molecule has 0 amide bonds. The molecular weight excluding hydrogens is 440 g/mol. The van der Waals surface area contributed by atoms with Crippen molar-refractivity contribution in [3.8, 4) is 0 Å². The van der Waals surface area contributed by atoms with E-state index in [1.165, 1.54) is 50.5 Å². The molecule has 6 aliphatic carbocycles. The van der Waals surface area contributed by atoms with Gasteiger partial charge in [-0.2, -0.15) is 0 Å². The molecule has 3 spiro atoms. The topological polar surface area (TPSA) is 113 Å². The van der Waals surface area contributed by atoms with Crippen molar-refractivity contribution in [2.24, 2.45) is 45.3 Å². The van der Waals surface area contributed by atoms with Gasteiger partial charge in [0.15, 0.2) is 0 Å². The molecule has 1 aliphatic heterocycles. The molecular formula is C30H52O5. The number of hydrogen-bond acceptors (Lipinski definition) is 3. The van der Waals surface area contributed by atoms with Crippen LogP contribution in [0.1, 0.15) is 106 Å². The molecule has 6 N–H and O–H groups in total. The van der Waals surface area contributed by atoms with Crippen molar-refractivity contribution in [3.05, 3.63) is 12.2 Å². The van der Waals surface area contributed by atoms with Crippen LogP contribution in [0.25, 0.3) is 0 Å². The van der Waals surface area contributed by atoms with Gasteiger partial charge in [-0.25, -0.2) is 0 Å². The van der Waals surface area contributed by atoms with Crippen molar-refractivity contribution in [3.63, 3.8) is 0 Å². The SMILES string of the molecule is C.C=C1CCC[C@]23CC24CC[C@]2(C)[C@@H]5C(C[C@@]56CCC(C(C)(C)O)O6)C[C@@]2(C)C4C[C@H](O)C13.O.O. The molecule has 0 aromatic carbocycles. The summed E-state index contributed by atoms with van der Waals surface area (Å²) in [6.07, 6.45) is 13.2. The van der Waals surface area contributed by atoms with Gasteiger partial charge < -0.3 is 25.9 Å². The van der Waals surface area contributed by atoms with Crippen molar-refractivity contribution in [2.45, 2.75) is 129 Å². The Hall–Kier alpha value is -0.460. The van der Waals surface area contributed by atoms with Crippen LogP contribution in [0.2, 0.25) is 0 Å². The van der Waals surface area contributed by atoms with E-state index < -0.39 is 5.60 Å². The Balaban J connectivity index is 0.000000963. The van der Waals surface area contributed by atoms with Crippen LogP contribution >= 0.6 is 0 Å². The van der Waals surface area contributed by atoms with Gasteiger partial charge in [-0.3, -0.25) is 0 Å².